The number of aliphatic hydroxyl groups is 2. The number of halogens is 3. The number of aromatic nitrogens is 1. The summed E-state index contributed by atoms with van der Waals surface area (Å²) in [6.07, 6.45) is 3.85. The van der Waals surface area contributed by atoms with Crippen molar-refractivity contribution in [2.45, 2.75) is 54.0 Å². The number of anilines is 1. The zero-order valence-electron chi connectivity index (χ0n) is 20.7. The molecule has 5 atom stereocenters. The monoisotopic (exact) mass is 576 g/mol. The van der Waals surface area contributed by atoms with Crippen LogP contribution in [0.1, 0.15) is 41.6 Å². The van der Waals surface area contributed by atoms with E-state index in [-0.39, 0.29) is 40.4 Å². The summed E-state index contributed by atoms with van der Waals surface area (Å²) in [6, 6.07) is 10.2. The highest BCUT2D eigenvalue weighted by Crippen LogP contribution is 2.54. The van der Waals surface area contributed by atoms with E-state index in [4.69, 9.17) is 11.6 Å². The van der Waals surface area contributed by atoms with Gasteiger partial charge in [-0.3, -0.25) is 9.78 Å². The summed E-state index contributed by atoms with van der Waals surface area (Å²) in [4.78, 5) is 16.5. The van der Waals surface area contributed by atoms with Crippen LogP contribution in [-0.2, 0) is 16.3 Å². The molecule has 5 rings (SSSR count). The van der Waals surface area contributed by atoms with Gasteiger partial charge in [-0.25, -0.2) is 17.2 Å². The number of nitrogens with one attached hydrogen (secondary N) is 1. The minimum absolute atomic E-state index is 0.00622. The van der Waals surface area contributed by atoms with E-state index in [1.54, 1.807) is 24.5 Å². The molecule has 7 nitrogen and oxygen atoms in total. The van der Waals surface area contributed by atoms with Crippen LogP contribution in [0.15, 0.2) is 65.8 Å². The third-order valence-electron chi connectivity index (χ3n) is 8.09. The van der Waals surface area contributed by atoms with Crippen molar-refractivity contribution in [2.75, 3.05) is 5.32 Å². The fraction of sp³-hybridized carbons (Fsp3) is 0.357. The predicted molar refractivity (Wildman–Crippen MR) is 141 cm³/mol. The molecule has 0 saturated heterocycles. The smallest absolute Gasteiger partial charge is 0.255 e. The number of carbonyl (C=O) groups is 1. The molecule has 0 aliphatic heterocycles. The second kappa shape index (κ2) is 10.6. The predicted octanol–water partition coefficient (Wildman–Crippen LogP) is 4.56. The Kier molecular flexibility index (Phi) is 7.49. The Morgan fingerprint density at radius 1 is 1.05 bits per heavy atom. The number of benzene rings is 2. The van der Waals surface area contributed by atoms with Crippen molar-refractivity contribution < 1.29 is 32.2 Å². The minimum atomic E-state index is -4.02. The average molecular weight is 577 g/mol. The van der Waals surface area contributed by atoms with Gasteiger partial charge in [-0.05, 0) is 85.5 Å². The van der Waals surface area contributed by atoms with Gasteiger partial charge in [0.2, 0.25) is 0 Å². The van der Waals surface area contributed by atoms with E-state index in [2.05, 4.69) is 10.3 Å². The lowest BCUT2D eigenvalue weighted by Crippen LogP contribution is -2.56. The largest absolute Gasteiger partial charge is 0.390 e. The van der Waals surface area contributed by atoms with Gasteiger partial charge in [0.1, 0.15) is 0 Å². The minimum Gasteiger partial charge on any atom is -0.390 e. The Bertz CT molecular complexity index is 1490. The molecule has 3 aromatic rings. The SMILES string of the molecule is O=C(Nc1ccc(F)c(F)c1)c1ccc(Cl)c(S(=O)(=O)[C@@H]2C[C@H]3CC[C@@H](C2)[C@@]3(O)C(O)Cc2ccncc2)c1. The lowest BCUT2D eigenvalue weighted by atomic mass is 9.70. The molecule has 2 bridgehead atoms. The number of rotatable bonds is 7. The zero-order valence-corrected chi connectivity index (χ0v) is 22.3. The van der Waals surface area contributed by atoms with E-state index in [0.717, 1.165) is 17.7 Å². The lowest BCUT2D eigenvalue weighted by molar-refractivity contribution is -0.141. The number of nitrogens with zero attached hydrogens (tertiary/aromatic N) is 1. The maximum Gasteiger partial charge on any atom is 0.255 e. The summed E-state index contributed by atoms with van der Waals surface area (Å²) >= 11 is 6.29. The highest BCUT2D eigenvalue weighted by atomic mass is 35.5. The molecule has 2 aliphatic rings. The molecule has 2 aliphatic carbocycles. The molecule has 11 heteroatoms. The Labute approximate surface area is 229 Å². The Morgan fingerprint density at radius 2 is 1.72 bits per heavy atom. The number of hydrogen-bond donors (Lipinski definition) is 3. The molecule has 1 aromatic heterocycles. The van der Waals surface area contributed by atoms with Gasteiger partial charge in [-0.2, -0.15) is 0 Å². The fourth-order valence-electron chi connectivity index (χ4n) is 6.06. The first-order chi connectivity index (χ1) is 18.5. The van der Waals surface area contributed by atoms with Crippen LogP contribution in [0.3, 0.4) is 0 Å². The van der Waals surface area contributed by atoms with Crippen molar-refractivity contribution in [3.63, 3.8) is 0 Å². The first-order valence-corrected chi connectivity index (χ1v) is 14.5. The molecular formula is C28H27ClF2N2O5S. The van der Waals surface area contributed by atoms with Gasteiger partial charge in [0.05, 0.1) is 26.9 Å². The molecule has 0 spiro atoms. The van der Waals surface area contributed by atoms with Crippen molar-refractivity contribution in [3.8, 4) is 0 Å². The molecule has 2 aromatic carbocycles. The van der Waals surface area contributed by atoms with Gasteiger partial charge in [-0.1, -0.05) is 11.6 Å². The van der Waals surface area contributed by atoms with Crippen LogP contribution < -0.4 is 5.32 Å². The van der Waals surface area contributed by atoms with Crippen LogP contribution in [-0.4, -0.2) is 46.5 Å². The Morgan fingerprint density at radius 3 is 2.36 bits per heavy atom. The van der Waals surface area contributed by atoms with E-state index in [1.807, 2.05) is 0 Å². The number of pyridine rings is 1. The van der Waals surface area contributed by atoms with E-state index in [0.29, 0.717) is 12.8 Å². The summed E-state index contributed by atoms with van der Waals surface area (Å²) in [6.45, 7) is 0. The maximum absolute atomic E-state index is 13.8. The molecule has 1 amide bonds. The first kappa shape index (κ1) is 27.6. The first-order valence-electron chi connectivity index (χ1n) is 12.6. The molecule has 1 unspecified atom stereocenters. The van der Waals surface area contributed by atoms with Gasteiger partial charge in [-0.15, -0.1) is 0 Å². The average Bonchev–Trinajstić information content (AvgIpc) is 3.07. The van der Waals surface area contributed by atoms with Gasteiger partial charge in [0.25, 0.3) is 5.91 Å². The van der Waals surface area contributed by atoms with Crippen molar-refractivity contribution in [1.29, 1.82) is 0 Å². The van der Waals surface area contributed by atoms with Crippen LogP contribution >= 0.6 is 11.6 Å². The number of sulfone groups is 1. The van der Waals surface area contributed by atoms with Crippen molar-refractivity contribution in [1.82, 2.24) is 4.98 Å². The van der Waals surface area contributed by atoms with Gasteiger partial charge in [0, 0.05) is 36.1 Å². The number of fused-ring (bicyclic) bond motifs is 2. The van der Waals surface area contributed by atoms with Crippen molar-refractivity contribution >= 4 is 33.0 Å². The summed E-state index contributed by atoms with van der Waals surface area (Å²) in [7, 11) is -4.02. The standard InChI is InChI=1S/C28H27ClF2N2O5S/c29-22-5-1-17(27(35)33-20-4-6-23(30)24(31)15-20)12-25(22)39(37,38)21-13-18-2-3-19(14-21)28(18,36)26(34)11-16-7-9-32-10-8-16/h1,4-10,12,15,18-19,21,26,34,36H,2-3,11,13-14H2,(H,33,35)/t18-,19+,21-,26?,28-. The Hall–Kier alpha value is -2.92. The number of amides is 1. The van der Waals surface area contributed by atoms with E-state index in [9.17, 15) is 32.2 Å². The van der Waals surface area contributed by atoms with Gasteiger partial charge in [0.15, 0.2) is 21.5 Å². The quantitative estimate of drug-likeness (QED) is 0.380. The summed E-state index contributed by atoms with van der Waals surface area (Å²) in [5, 5.41) is 24.2. The highest BCUT2D eigenvalue weighted by Gasteiger charge is 2.58. The maximum atomic E-state index is 13.8. The van der Waals surface area contributed by atoms with E-state index >= 15 is 0 Å². The van der Waals surface area contributed by atoms with Gasteiger partial charge >= 0.3 is 0 Å². The van der Waals surface area contributed by atoms with E-state index < -0.39 is 56.2 Å². The Balaban J connectivity index is 1.35. The fourth-order valence-corrected chi connectivity index (χ4v) is 8.47. The molecule has 206 valence electrons. The summed E-state index contributed by atoms with van der Waals surface area (Å²) < 4.78 is 54.3. The van der Waals surface area contributed by atoms with Crippen molar-refractivity contribution in [3.05, 3.63) is 88.7 Å². The van der Waals surface area contributed by atoms with Crippen molar-refractivity contribution in [2.24, 2.45) is 11.8 Å². The summed E-state index contributed by atoms with van der Waals surface area (Å²) in [5.74, 6) is -3.76. The molecule has 39 heavy (non-hydrogen) atoms. The second-order valence-electron chi connectivity index (χ2n) is 10.3. The molecule has 2 fully saturated rings. The van der Waals surface area contributed by atoms with Crippen LogP contribution in [0, 0.1) is 23.5 Å². The normalized spacial score (nSPS) is 25.3. The number of carbonyl (C=O) groups excluding carboxylic acids is 1. The lowest BCUT2D eigenvalue weighted by Gasteiger charge is -2.45. The molecule has 2 saturated carbocycles. The molecule has 1 heterocycles. The zero-order chi connectivity index (χ0) is 27.9. The van der Waals surface area contributed by atoms with Crippen LogP contribution in [0.25, 0.3) is 0 Å². The number of aliphatic hydroxyl groups excluding tert-OH is 1. The third kappa shape index (κ3) is 5.18. The topological polar surface area (TPSA) is 117 Å². The number of hydrogen-bond acceptors (Lipinski definition) is 6. The van der Waals surface area contributed by atoms with Crippen LogP contribution in [0.5, 0.6) is 0 Å². The van der Waals surface area contributed by atoms with Gasteiger partial charge < -0.3 is 15.5 Å². The highest BCUT2D eigenvalue weighted by molar-refractivity contribution is 7.92. The molecule has 0 radical (unpaired) electrons. The molecular weight excluding hydrogens is 550 g/mol. The third-order valence-corrected chi connectivity index (χ3v) is 10.7. The second-order valence-corrected chi connectivity index (χ2v) is 12.9. The summed E-state index contributed by atoms with van der Waals surface area (Å²) in [5.41, 5.74) is -0.603. The van der Waals surface area contributed by atoms with Crippen LogP contribution in [0.2, 0.25) is 5.02 Å². The van der Waals surface area contributed by atoms with E-state index in [1.165, 1.54) is 24.3 Å². The molecule has 3 N–H and O–H groups in total. The van der Waals surface area contributed by atoms with Crippen LogP contribution in [0.4, 0.5) is 14.5 Å².